The summed E-state index contributed by atoms with van der Waals surface area (Å²) < 4.78 is 0. The molecule has 4 nitrogen and oxygen atoms in total. The summed E-state index contributed by atoms with van der Waals surface area (Å²) >= 11 is 0. The Kier molecular flexibility index (Phi) is 6.00. The van der Waals surface area contributed by atoms with Gasteiger partial charge in [-0.3, -0.25) is 4.79 Å². The number of nitrogens with one attached hydrogen (secondary N) is 1. The molecule has 0 radical (unpaired) electrons. The fraction of sp³-hybridized carbons (Fsp3) is 0.400. The summed E-state index contributed by atoms with van der Waals surface area (Å²) in [4.78, 5) is 21.0. The van der Waals surface area contributed by atoms with Gasteiger partial charge in [-0.1, -0.05) is 36.4 Å². The van der Waals surface area contributed by atoms with Crippen LogP contribution in [0.5, 0.6) is 0 Å². The average molecular weight is 390 g/mol. The predicted octanol–water partition coefficient (Wildman–Crippen LogP) is 4.57. The van der Waals surface area contributed by atoms with E-state index in [9.17, 15) is 4.79 Å². The normalized spacial score (nSPS) is 15.6. The maximum Gasteiger partial charge on any atom is 0.270 e. The second-order valence-electron chi connectivity index (χ2n) is 8.30. The number of H-pyrrole nitrogens is 1. The van der Waals surface area contributed by atoms with E-state index in [1.807, 2.05) is 11.0 Å². The van der Waals surface area contributed by atoms with Crippen molar-refractivity contribution in [2.45, 2.75) is 33.1 Å². The summed E-state index contributed by atoms with van der Waals surface area (Å²) in [5, 5.41) is 1.15. The second kappa shape index (κ2) is 8.83. The Labute approximate surface area is 173 Å². The van der Waals surface area contributed by atoms with E-state index in [-0.39, 0.29) is 5.91 Å². The number of aromatic nitrogens is 1. The largest absolute Gasteiger partial charge is 0.351 e. The van der Waals surface area contributed by atoms with Crippen LogP contribution < -0.4 is 0 Å². The fourth-order valence-corrected chi connectivity index (χ4v) is 4.43. The van der Waals surface area contributed by atoms with Gasteiger partial charge in [0.05, 0.1) is 0 Å². The van der Waals surface area contributed by atoms with Gasteiger partial charge in [0.1, 0.15) is 5.69 Å². The number of amides is 1. The molecule has 1 fully saturated rings. The predicted molar refractivity (Wildman–Crippen MR) is 119 cm³/mol. The lowest BCUT2D eigenvalue weighted by atomic mass is 10.1. The quantitative estimate of drug-likeness (QED) is 0.694. The van der Waals surface area contributed by atoms with Gasteiger partial charge in [-0.15, -0.1) is 0 Å². The number of aryl methyl sites for hydroxylation is 3. The third-order valence-electron chi connectivity index (χ3n) is 5.98. The first-order valence-corrected chi connectivity index (χ1v) is 10.8. The van der Waals surface area contributed by atoms with E-state index in [1.165, 1.54) is 23.1 Å². The van der Waals surface area contributed by atoms with Crippen LogP contribution in [0.25, 0.3) is 10.9 Å². The highest BCUT2D eigenvalue weighted by molar-refractivity contribution is 5.99. The molecule has 1 aromatic heterocycles. The number of nitrogens with zero attached hydrogens (tertiary/aromatic N) is 2. The molecule has 1 aliphatic rings. The summed E-state index contributed by atoms with van der Waals surface area (Å²) in [5.41, 5.74) is 5.62. The Hall–Kier alpha value is -2.59. The summed E-state index contributed by atoms with van der Waals surface area (Å²) in [6.45, 7) is 8.97. The average Bonchev–Trinajstić information content (AvgIpc) is 3.00. The van der Waals surface area contributed by atoms with Crippen molar-refractivity contribution in [1.29, 1.82) is 0 Å². The highest BCUT2D eigenvalue weighted by atomic mass is 16.2. The Balaban J connectivity index is 1.34. The van der Waals surface area contributed by atoms with Crippen molar-refractivity contribution in [3.05, 3.63) is 70.9 Å². The van der Waals surface area contributed by atoms with Gasteiger partial charge < -0.3 is 14.8 Å². The SMILES string of the molecule is Cc1cc(C)c2cc(C(=O)N3CCCN(CCCc4ccccc4)CC3)[nH]c2c1. The molecular weight excluding hydrogens is 358 g/mol. The van der Waals surface area contributed by atoms with Gasteiger partial charge in [-0.2, -0.15) is 0 Å². The number of carbonyl (C=O) groups excluding carboxylic acids is 1. The molecule has 2 heterocycles. The fourth-order valence-electron chi connectivity index (χ4n) is 4.43. The summed E-state index contributed by atoms with van der Waals surface area (Å²) in [5.74, 6) is 0.129. The molecule has 2 aromatic carbocycles. The molecule has 4 heteroatoms. The smallest absolute Gasteiger partial charge is 0.270 e. The lowest BCUT2D eigenvalue weighted by Crippen LogP contribution is -2.35. The van der Waals surface area contributed by atoms with Crippen molar-refractivity contribution in [3.63, 3.8) is 0 Å². The van der Waals surface area contributed by atoms with Gasteiger partial charge in [-0.05, 0) is 75.0 Å². The lowest BCUT2D eigenvalue weighted by molar-refractivity contribution is 0.0756. The Bertz CT molecular complexity index is 976. The monoisotopic (exact) mass is 389 g/mol. The molecule has 152 valence electrons. The zero-order valence-electron chi connectivity index (χ0n) is 17.6. The molecule has 0 bridgehead atoms. The maximum absolute atomic E-state index is 13.1. The molecule has 0 aliphatic carbocycles. The summed E-state index contributed by atoms with van der Waals surface area (Å²) in [6.07, 6.45) is 3.32. The summed E-state index contributed by atoms with van der Waals surface area (Å²) in [6, 6.07) is 17.0. The van der Waals surface area contributed by atoms with Crippen molar-refractivity contribution in [3.8, 4) is 0 Å². The van der Waals surface area contributed by atoms with Crippen LogP contribution in [0.3, 0.4) is 0 Å². The van der Waals surface area contributed by atoms with E-state index in [1.54, 1.807) is 0 Å². The van der Waals surface area contributed by atoms with Crippen molar-refractivity contribution >= 4 is 16.8 Å². The van der Waals surface area contributed by atoms with Gasteiger partial charge >= 0.3 is 0 Å². The molecule has 0 atom stereocenters. The van der Waals surface area contributed by atoms with E-state index in [4.69, 9.17) is 0 Å². The number of rotatable bonds is 5. The number of hydrogen-bond acceptors (Lipinski definition) is 2. The highest BCUT2D eigenvalue weighted by Crippen LogP contribution is 2.22. The first-order chi connectivity index (χ1) is 14.1. The topological polar surface area (TPSA) is 39.3 Å². The van der Waals surface area contributed by atoms with Crippen LogP contribution in [-0.2, 0) is 6.42 Å². The van der Waals surface area contributed by atoms with E-state index in [2.05, 4.69) is 66.2 Å². The number of benzene rings is 2. The van der Waals surface area contributed by atoms with Crippen LogP contribution in [0.4, 0.5) is 0 Å². The van der Waals surface area contributed by atoms with E-state index in [0.717, 1.165) is 56.5 Å². The standard InChI is InChI=1S/C25H31N3O/c1-19-16-20(2)22-18-24(26-23(22)17-19)25(29)28-13-7-12-27(14-15-28)11-6-10-21-8-4-3-5-9-21/h3-5,8-9,16-18,26H,6-7,10-15H2,1-2H3. The van der Waals surface area contributed by atoms with Crippen LogP contribution in [0.2, 0.25) is 0 Å². The van der Waals surface area contributed by atoms with Gasteiger partial charge in [0, 0.05) is 30.5 Å². The van der Waals surface area contributed by atoms with Gasteiger partial charge in [0.2, 0.25) is 0 Å². The number of fused-ring (bicyclic) bond motifs is 1. The first kappa shape index (κ1) is 19.7. The molecule has 0 saturated carbocycles. The minimum atomic E-state index is 0.129. The number of aromatic amines is 1. The Morgan fingerprint density at radius 2 is 1.83 bits per heavy atom. The van der Waals surface area contributed by atoms with Gasteiger partial charge in [0.25, 0.3) is 5.91 Å². The number of carbonyl (C=O) groups is 1. The van der Waals surface area contributed by atoms with Gasteiger partial charge in [-0.25, -0.2) is 0 Å². The molecule has 1 N–H and O–H groups in total. The Morgan fingerprint density at radius 3 is 2.66 bits per heavy atom. The van der Waals surface area contributed by atoms with E-state index < -0.39 is 0 Å². The molecule has 1 amide bonds. The van der Waals surface area contributed by atoms with E-state index >= 15 is 0 Å². The Morgan fingerprint density at radius 1 is 1.00 bits per heavy atom. The minimum Gasteiger partial charge on any atom is -0.351 e. The third-order valence-corrected chi connectivity index (χ3v) is 5.98. The first-order valence-electron chi connectivity index (χ1n) is 10.8. The zero-order chi connectivity index (χ0) is 20.2. The molecule has 4 rings (SSSR count). The van der Waals surface area contributed by atoms with Crippen LogP contribution >= 0.6 is 0 Å². The van der Waals surface area contributed by atoms with E-state index in [0.29, 0.717) is 5.69 Å². The molecule has 0 unspecified atom stereocenters. The second-order valence-corrected chi connectivity index (χ2v) is 8.30. The van der Waals surface area contributed by atoms with Crippen LogP contribution in [0.1, 0.15) is 40.0 Å². The molecule has 1 saturated heterocycles. The van der Waals surface area contributed by atoms with Crippen molar-refractivity contribution in [2.24, 2.45) is 0 Å². The highest BCUT2D eigenvalue weighted by Gasteiger charge is 2.21. The molecule has 1 aliphatic heterocycles. The van der Waals surface area contributed by atoms with Crippen molar-refractivity contribution in [1.82, 2.24) is 14.8 Å². The van der Waals surface area contributed by atoms with Crippen LogP contribution in [-0.4, -0.2) is 53.4 Å². The molecule has 3 aromatic rings. The third kappa shape index (κ3) is 4.70. The van der Waals surface area contributed by atoms with Gasteiger partial charge in [0.15, 0.2) is 0 Å². The molecular formula is C25H31N3O. The molecule has 0 spiro atoms. The van der Waals surface area contributed by atoms with Crippen LogP contribution in [0.15, 0.2) is 48.5 Å². The zero-order valence-corrected chi connectivity index (χ0v) is 17.6. The summed E-state index contributed by atoms with van der Waals surface area (Å²) in [7, 11) is 0. The minimum absolute atomic E-state index is 0.129. The van der Waals surface area contributed by atoms with Crippen molar-refractivity contribution < 1.29 is 4.79 Å². The molecule has 29 heavy (non-hydrogen) atoms. The maximum atomic E-state index is 13.1. The number of hydrogen-bond donors (Lipinski definition) is 1. The lowest BCUT2D eigenvalue weighted by Gasteiger charge is -2.21. The van der Waals surface area contributed by atoms with Crippen molar-refractivity contribution in [2.75, 3.05) is 32.7 Å². The van der Waals surface area contributed by atoms with Crippen LogP contribution in [0, 0.1) is 13.8 Å².